The summed E-state index contributed by atoms with van der Waals surface area (Å²) >= 11 is 0. The SMILES string of the molecule is CCC1(CN(C)CCc2cc(F)cc(C(N)=O)c2)CCCCC1. The number of amides is 1. The Labute approximate surface area is 139 Å². The fourth-order valence-electron chi connectivity index (χ4n) is 3.83. The van der Waals surface area contributed by atoms with Crippen molar-refractivity contribution >= 4 is 5.91 Å². The Kier molecular flexibility index (Phi) is 6.17. The molecular weight excluding hydrogens is 291 g/mol. The topological polar surface area (TPSA) is 46.3 Å². The third-order valence-electron chi connectivity index (χ3n) is 5.29. The molecular formula is C19H29FN2O. The molecule has 0 heterocycles. The third kappa shape index (κ3) is 5.03. The minimum Gasteiger partial charge on any atom is -0.366 e. The third-order valence-corrected chi connectivity index (χ3v) is 5.29. The van der Waals surface area contributed by atoms with E-state index < -0.39 is 11.7 Å². The first kappa shape index (κ1) is 17.9. The molecule has 1 aliphatic carbocycles. The Morgan fingerprint density at radius 2 is 1.96 bits per heavy atom. The zero-order chi connectivity index (χ0) is 16.9. The summed E-state index contributed by atoms with van der Waals surface area (Å²) < 4.78 is 13.6. The predicted molar refractivity (Wildman–Crippen MR) is 91.9 cm³/mol. The summed E-state index contributed by atoms with van der Waals surface area (Å²) in [6.45, 7) is 4.26. The number of rotatable bonds is 7. The van der Waals surface area contributed by atoms with Crippen molar-refractivity contribution in [2.45, 2.75) is 51.9 Å². The minimum absolute atomic E-state index is 0.250. The van der Waals surface area contributed by atoms with Gasteiger partial charge in [0.1, 0.15) is 5.82 Å². The van der Waals surface area contributed by atoms with Crippen molar-refractivity contribution < 1.29 is 9.18 Å². The minimum atomic E-state index is -0.578. The lowest BCUT2D eigenvalue weighted by molar-refractivity contribution is 0.0999. The second kappa shape index (κ2) is 7.91. The highest BCUT2D eigenvalue weighted by Crippen LogP contribution is 2.39. The number of carbonyl (C=O) groups is 1. The molecule has 4 heteroatoms. The van der Waals surface area contributed by atoms with Crippen molar-refractivity contribution in [1.29, 1.82) is 0 Å². The standard InChI is InChI=1S/C19H29FN2O/c1-3-19(8-5-4-6-9-19)14-22(2)10-7-15-11-16(18(21)23)13-17(20)12-15/h11-13H,3-10,14H2,1-2H3,(H2,21,23). The van der Waals surface area contributed by atoms with Gasteiger partial charge in [0.25, 0.3) is 0 Å². The average Bonchev–Trinajstić information content (AvgIpc) is 2.53. The van der Waals surface area contributed by atoms with Gasteiger partial charge in [-0.25, -0.2) is 4.39 Å². The maximum Gasteiger partial charge on any atom is 0.248 e. The molecule has 1 aliphatic rings. The monoisotopic (exact) mass is 320 g/mol. The number of benzene rings is 1. The van der Waals surface area contributed by atoms with Crippen LogP contribution in [0.3, 0.4) is 0 Å². The van der Waals surface area contributed by atoms with Crippen LogP contribution in [0.4, 0.5) is 4.39 Å². The fourth-order valence-corrected chi connectivity index (χ4v) is 3.83. The maximum absolute atomic E-state index is 13.6. The van der Waals surface area contributed by atoms with Crippen molar-refractivity contribution in [3.8, 4) is 0 Å². The van der Waals surface area contributed by atoms with Crippen LogP contribution in [0.1, 0.15) is 61.4 Å². The molecule has 128 valence electrons. The Hall–Kier alpha value is -1.42. The Bertz CT molecular complexity index is 538. The van der Waals surface area contributed by atoms with Gasteiger partial charge < -0.3 is 10.6 Å². The van der Waals surface area contributed by atoms with E-state index in [0.717, 1.165) is 25.1 Å². The van der Waals surface area contributed by atoms with Gasteiger partial charge in [-0.15, -0.1) is 0 Å². The first-order valence-corrected chi connectivity index (χ1v) is 8.72. The lowest BCUT2D eigenvalue weighted by Crippen LogP contribution is -2.37. The van der Waals surface area contributed by atoms with E-state index in [1.807, 2.05) is 0 Å². The van der Waals surface area contributed by atoms with Crippen molar-refractivity contribution in [3.05, 3.63) is 35.1 Å². The molecule has 0 aliphatic heterocycles. The Morgan fingerprint density at radius 1 is 1.26 bits per heavy atom. The van der Waals surface area contributed by atoms with E-state index in [4.69, 9.17) is 5.73 Å². The second-order valence-corrected chi connectivity index (χ2v) is 7.11. The normalized spacial score (nSPS) is 17.4. The number of nitrogens with zero attached hydrogens (tertiary/aromatic N) is 1. The Balaban J connectivity index is 1.93. The van der Waals surface area contributed by atoms with Crippen LogP contribution >= 0.6 is 0 Å². The van der Waals surface area contributed by atoms with Crippen LogP contribution in [0.2, 0.25) is 0 Å². The molecule has 0 unspecified atom stereocenters. The maximum atomic E-state index is 13.6. The average molecular weight is 320 g/mol. The zero-order valence-electron chi connectivity index (χ0n) is 14.4. The first-order chi connectivity index (χ1) is 10.9. The molecule has 1 aromatic rings. The van der Waals surface area contributed by atoms with Crippen LogP contribution in [0, 0.1) is 11.2 Å². The molecule has 1 aromatic carbocycles. The quantitative estimate of drug-likeness (QED) is 0.831. The summed E-state index contributed by atoms with van der Waals surface area (Å²) in [6, 6.07) is 4.40. The van der Waals surface area contributed by atoms with E-state index in [2.05, 4.69) is 18.9 Å². The van der Waals surface area contributed by atoms with Crippen molar-refractivity contribution in [3.63, 3.8) is 0 Å². The summed E-state index contributed by atoms with van der Waals surface area (Å²) in [6.07, 6.45) is 8.64. The molecule has 0 atom stereocenters. The fraction of sp³-hybridized carbons (Fsp3) is 0.632. The van der Waals surface area contributed by atoms with E-state index in [0.29, 0.717) is 5.41 Å². The number of primary amides is 1. The van der Waals surface area contributed by atoms with E-state index in [9.17, 15) is 9.18 Å². The summed E-state index contributed by atoms with van der Waals surface area (Å²) in [4.78, 5) is 13.6. The second-order valence-electron chi connectivity index (χ2n) is 7.11. The van der Waals surface area contributed by atoms with Crippen LogP contribution in [0.5, 0.6) is 0 Å². The van der Waals surface area contributed by atoms with Crippen LogP contribution in [-0.4, -0.2) is 30.9 Å². The summed E-state index contributed by atoms with van der Waals surface area (Å²) in [5.74, 6) is -0.970. The highest BCUT2D eigenvalue weighted by atomic mass is 19.1. The summed E-state index contributed by atoms with van der Waals surface area (Å²) in [5, 5.41) is 0. The van der Waals surface area contributed by atoms with Crippen molar-refractivity contribution in [1.82, 2.24) is 4.90 Å². The van der Waals surface area contributed by atoms with Gasteiger partial charge in [-0.05, 0) is 61.9 Å². The van der Waals surface area contributed by atoms with E-state index in [1.54, 1.807) is 6.07 Å². The Morgan fingerprint density at radius 3 is 2.57 bits per heavy atom. The van der Waals surface area contributed by atoms with Crippen molar-refractivity contribution in [2.75, 3.05) is 20.1 Å². The van der Waals surface area contributed by atoms with Crippen LogP contribution in [0.25, 0.3) is 0 Å². The first-order valence-electron chi connectivity index (χ1n) is 8.72. The molecule has 0 radical (unpaired) electrons. The molecule has 2 rings (SSSR count). The molecule has 3 nitrogen and oxygen atoms in total. The van der Waals surface area contributed by atoms with E-state index in [-0.39, 0.29) is 5.56 Å². The van der Waals surface area contributed by atoms with Gasteiger partial charge in [0.15, 0.2) is 0 Å². The molecule has 1 amide bonds. The molecule has 0 saturated heterocycles. The van der Waals surface area contributed by atoms with Gasteiger partial charge >= 0.3 is 0 Å². The number of carbonyl (C=O) groups excluding carboxylic acids is 1. The highest BCUT2D eigenvalue weighted by molar-refractivity contribution is 5.92. The highest BCUT2D eigenvalue weighted by Gasteiger charge is 2.31. The number of hydrogen-bond acceptors (Lipinski definition) is 2. The van der Waals surface area contributed by atoms with Gasteiger partial charge in [-0.3, -0.25) is 4.79 Å². The summed E-state index contributed by atoms with van der Waals surface area (Å²) in [5.41, 5.74) is 6.79. The van der Waals surface area contributed by atoms with Gasteiger partial charge in [-0.1, -0.05) is 26.2 Å². The van der Waals surface area contributed by atoms with Gasteiger partial charge in [-0.2, -0.15) is 0 Å². The van der Waals surface area contributed by atoms with Crippen LogP contribution < -0.4 is 5.73 Å². The molecule has 23 heavy (non-hydrogen) atoms. The largest absolute Gasteiger partial charge is 0.366 e. The lowest BCUT2D eigenvalue weighted by atomic mass is 9.72. The van der Waals surface area contributed by atoms with Crippen LogP contribution in [0.15, 0.2) is 18.2 Å². The molecule has 1 saturated carbocycles. The van der Waals surface area contributed by atoms with Gasteiger partial charge in [0, 0.05) is 18.7 Å². The smallest absolute Gasteiger partial charge is 0.248 e. The van der Waals surface area contributed by atoms with Gasteiger partial charge in [0.2, 0.25) is 5.91 Å². The zero-order valence-corrected chi connectivity index (χ0v) is 14.4. The number of hydrogen-bond donors (Lipinski definition) is 1. The summed E-state index contributed by atoms with van der Waals surface area (Å²) in [7, 11) is 2.14. The lowest BCUT2D eigenvalue weighted by Gasteiger charge is -2.39. The van der Waals surface area contributed by atoms with Crippen LogP contribution in [-0.2, 0) is 6.42 Å². The molecule has 1 fully saturated rings. The van der Waals surface area contributed by atoms with Crippen molar-refractivity contribution in [2.24, 2.45) is 11.1 Å². The molecule has 0 aromatic heterocycles. The number of likely N-dealkylation sites (N-methyl/N-ethyl adjacent to an activating group) is 1. The molecule has 2 N–H and O–H groups in total. The predicted octanol–water partition coefficient (Wildman–Crippen LogP) is 3.76. The number of nitrogens with two attached hydrogens (primary N) is 1. The molecule has 0 spiro atoms. The van der Waals surface area contributed by atoms with E-state index in [1.165, 1.54) is 50.7 Å². The molecule has 0 bridgehead atoms. The van der Waals surface area contributed by atoms with E-state index >= 15 is 0 Å². The number of halogens is 1. The van der Waals surface area contributed by atoms with Gasteiger partial charge in [0.05, 0.1) is 0 Å².